The molecule has 0 aliphatic heterocycles. The molecular formula is C27H24BrCl2N3O3. The Morgan fingerprint density at radius 1 is 1.03 bits per heavy atom. The predicted molar refractivity (Wildman–Crippen MR) is 146 cm³/mol. The maximum Gasteiger partial charge on any atom is 0.335 e. The van der Waals surface area contributed by atoms with E-state index in [1.807, 2.05) is 6.07 Å². The third-order valence-electron chi connectivity index (χ3n) is 8.20. The fourth-order valence-corrected chi connectivity index (χ4v) is 7.97. The van der Waals surface area contributed by atoms with Crippen molar-refractivity contribution in [2.75, 3.05) is 0 Å². The summed E-state index contributed by atoms with van der Waals surface area (Å²) in [5.74, 6) is 1.94. The third kappa shape index (κ3) is 4.05. The van der Waals surface area contributed by atoms with Crippen LogP contribution in [0, 0.1) is 17.8 Å². The molecule has 1 aromatic heterocycles. The summed E-state index contributed by atoms with van der Waals surface area (Å²) in [6.07, 6.45) is 8.95. The molecule has 0 saturated heterocycles. The van der Waals surface area contributed by atoms with Crippen molar-refractivity contribution in [2.24, 2.45) is 22.7 Å². The zero-order valence-electron chi connectivity index (χ0n) is 19.3. The maximum absolute atomic E-state index is 12.8. The van der Waals surface area contributed by atoms with Gasteiger partial charge in [-0.3, -0.25) is 14.8 Å². The first-order valence-corrected chi connectivity index (χ1v) is 13.6. The minimum absolute atomic E-state index is 0.164. The predicted octanol–water partition coefficient (Wildman–Crippen LogP) is 6.52. The van der Waals surface area contributed by atoms with Gasteiger partial charge >= 0.3 is 5.69 Å². The van der Waals surface area contributed by atoms with Gasteiger partial charge in [0.1, 0.15) is 5.56 Å². The van der Waals surface area contributed by atoms with Gasteiger partial charge in [0.2, 0.25) is 5.88 Å². The monoisotopic (exact) mass is 587 g/mol. The molecule has 36 heavy (non-hydrogen) atoms. The smallest absolute Gasteiger partial charge is 0.335 e. The van der Waals surface area contributed by atoms with Crippen molar-refractivity contribution in [3.05, 3.63) is 82.9 Å². The second-order valence-electron chi connectivity index (χ2n) is 10.5. The number of aromatic amines is 1. The Morgan fingerprint density at radius 2 is 1.69 bits per heavy atom. The first-order valence-electron chi connectivity index (χ1n) is 12.1. The van der Waals surface area contributed by atoms with Gasteiger partial charge in [0.15, 0.2) is 0 Å². The van der Waals surface area contributed by atoms with Gasteiger partial charge in [-0.2, -0.15) is 0 Å². The molecule has 2 N–H and O–H groups in total. The largest absolute Gasteiger partial charge is 0.493 e. The lowest BCUT2D eigenvalue weighted by Gasteiger charge is -2.57. The van der Waals surface area contributed by atoms with Gasteiger partial charge < -0.3 is 5.11 Å². The molecule has 3 aromatic rings. The second kappa shape index (κ2) is 8.89. The van der Waals surface area contributed by atoms with Crippen LogP contribution >= 0.6 is 39.1 Å². The van der Waals surface area contributed by atoms with Crippen molar-refractivity contribution in [3.8, 4) is 11.6 Å². The Morgan fingerprint density at radius 3 is 2.33 bits per heavy atom. The normalized spacial score (nSPS) is 26.7. The van der Waals surface area contributed by atoms with Crippen LogP contribution in [0.25, 0.3) is 5.69 Å². The standard InChI is InChI=1S/C27H24BrCl2N3O3/c28-20-8-17(27-10-14-5-15(11-27)7-16(6-14)12-27)1-4-23(20)33-25(35)19(24(34)32-26(33)36)13-31-22-9-18(29)2-3-21(22)30/h1-4,8-9,13-16,35H,5-7,10-12H2,(H,32,34,36). The molecule has 0 amide bonds. The molecule has 2 aromatic carbocycles. The second-order valence-corrected chi connectivity index (χ2v) is 12.2. The lowest BCUT2D eigenvalue weighted by molar-refractivity contribution is -0.00521. The highest BCUT2D eigenvalue weighted by Gasteiger charge is 2.51. The summed E-state index contributed by atoms with van der Waals surface area (Å²) < 4.78 is 1.76. The molecule has 0 radical (unpaired) electrons. The van der Waals surface area contributed by atoms with E-state index in [-0.39, 0.29) is 11.0 Å². The van der Waals surface area contributed by atoms with Crippen molar-refractivity contribution in [1.29, 1.82) is 0 Å². The van der Waals surface area contributed by atoms with Crippen LogP contribution in [0.3, 0.4) is 0 Å². The van der Waals surface area contributed by atoms with E-state index in [1.54, 1.807) is 18.2 Å². The first-order chi connectivity index (χ1) is 17.2. The van der Waals surface area contributed by atoms with Gasteiger partial charge in [0, 0.05) is 15.7 Å². The number of aromatic nitrogens is 2. The summed E-state index contributed by atoms with van der Waals surface area (Å²) in [7, 11) is 0. The number of aliphatic imine (C=N–C) groups is 1. The van der Waals surface area contributed by atoms with Gasteiger partial charge in [-0.1, -0.05) is 29.3 Å². The van der Waals surface area contributed by atoms with Crippen molar-refractivity contribution >= 4 is 51.0 Å². The summed E-state index contributed by atoms with van der Waals surface area (Å²) in [4.78, 5) is 31.8. The molecular weight excluding hydrogens is 565 g/mol. The van der Waals surface area contributed by atoms with Gasteiger partial charge in [0.05, 0.1) is 16.4 Å². The molecule has 4 saturated carbocycles. The minimum atomic E-state index is -0.753. The number of H-pyrrole nitrogens is 1. The Bertz CT molecular complexity index is 1490. The number of benzene rings is 2. The van der Waals surface area contributed by atoms with Crippen LogP contribution in [0.15, 0.2) is 55.5 Å². The Labute approximate surface area is 226 Å². The number of nitrogens with zero attached hydrogens (tertiary/aromatic N) is 2. The topological polar surface area (TPSA) is 87.5 Å². The number of rotatable bonds is 4. The summed E-state index contributed by atoms with van der Waals surface area (Å²) >= 11 is 15.8. The van der Waals surface area contributed by atoms with Gasteiger partial charge in [-0.25, -0.2) is 9.36 Å². The molecule has 9 heteroatoms. The van der Waals surface area contributed by atoms with Crippen LogP contribution in [0.2, 0.25) is 10.0 Å². The molecule has 6 nitrogen and oxygen atoms in total. The first kappa shape index (κ1) is 24.0. The third-order valence-corrected chi connectivity index (χ3v) is 9.39. The lowest BCUT2D eigenvalue weighted by Crippen LogP contribution is -2.48. The molecule has 0 atom stereocenters. The van der Waals surface area contributed by atoms with E-state index in [2.05, 4.69) is 38.0 Å². The molecule has 0 unspecified atom stereocenters. The maximum atomic E-state index is 12.8. The van der Waals surface area contributed by atoms with Crippen molar-refractivity contribution < 1.29 is 5.11 Å². The zero-order chi connectivity index (χ0) is 25.2. The fourth-order valence-electron chi connectivity index (χ4n) is 7.08. The number of aromatic hydroxyl groups is 1. The number of nitrogens with one attached hydrogen (secondary N) is 1. The Balaban J connectivity index is 1.39. The van der Waals surface area contributed by atoms with Crippen molar-refractivity contribution in [1.82, 2.24) is 9.55 Å². The summed E-state index contributed by atoms with van der Waals surface area (Å²) in [6, 6.07) is 10.7. The van der Waals surface area contributed by atoms with Gasteiger partial charge in [-0.15, -0.1) is 0 Å². The number of halogens is 3. The highest BCUT2D eigenvalue weighted by molar-refractivity contribution is 9.10. The molecule has 1 heterocycles. The van der Waals surface area contributed by atoms with Crippen LogP contribution < -0.4 is 11.2 Å². The molecule has 0 spiro atoms. The van der Waals surface area contributed by atoms with Crippen molar-refractivity contribution in [2.45, 2.75) is 43.9 Å². The average Bonchev–Trinajstić information content (AvgIpc) is 2.81. The highest BCUT2D eigenvalue weighted by Crippen LogP contribution is 2.61. The molecule has 4 aliphatic rings. The molecule has 186 valence electrons. The van der Waals surface area contributed by atoms with E-state index < -0.39 is 17.1 Å². The Kier molecular flexibility index (Phi) is 5.93. The van der Waals surface area contributed by atoms with Crippen LogP contribution in [0.4, 0.5) is 5.69 Å². The van der Waals surface area contributed by atoms with Gasteiger partial charge in [-0.05, 0) is 114 Å². The summed E-state index contributed by atoms with van der Waals surface area (Å²) in [5, 5.41) is 11.8. The zero-order valence-corrected chi connectivity index (χ0v) is 22.4. The average molecular weight is 589 g/mol. The van der Waals surface area contributed by atoms with E-state index in [0.717, 1.165) is 22.3 Å². The van der Waals surface area contributed by atoms with Gasteiger partial charge in [0.25, 0.3) is 5.56 Å². The van der Waals surface area contributed by atoms with Crippen molar-refractivity contribution in [3.63, 3.8) is 0 Å². The lowest BCUT2D eigenvalue weighted by atomic mass is 9.48. The molecule has 4 bridgehead atoms. The van der Waals surface area contributed by atoms with E-state index in [0.29, 0.717) is 25.9 Å². The summed E-state index contributed by atoms with van der Waals surface area (Å²) in [5.41, 5.74) is 0.603. The number of hydrogen-bond donors (Lipinski definition) is 2. The highest BCUT2D eigenvalue weighted by atomic mass is 79.9. The molecule has 7 rings (SSSR count). The van der Waals surface area contributed by atoms with Crippen LogP contribution in [0.5, 0.6) is 5.88 Å². The SMILES string of the molecule is O=c1[nH]c(=O)n(-c2ccc(C34CC5CC(CC(C5)C3)C4)cc2Br)c(O)c1C=Nc1cc(Cl)ccc1Cl. The molecule has 4 fully saturated rings. The quantitative estimate of drug-likeness (QED) is 0.340. The van der Waals surface area contributed by atoms with E-state index >= 15 is 0 Å². The minimum Gasteiger partial charge on any atom is -0.493 e. The van der Waals surface area contributed by atoms with Crippen LogP contribution in [-0.2, 0) is 5.41 Å². The molecule has 4 aliphatic carbocycles. The Hall–Kier alpha value is -2.35. The van der Waals surface area contributed by atoms with E-state index in [1.165, 1.54) is 50.3 Å². The van der Waals surface area contributed by atoms with Crippen LogP contribution in [0.1, 0.15) is 49.7 Å². The number of hydrogen-bond acceptors (Lipinski definition) is 4. The summed E-state index contributed by atoms with van der Waals surface area (Å²) in [6.45, 7) is 0. The van der Waals surface area contributed by atoms with Crippen LogP contribution in [-0.4, -0.2) is 20.9 Å². The fraction of sp³-hybridized carbons (Fsp3) is 0.370. The van der Waals surface area contributed by atoms with E-state index in [4.69, 9.17) is 23.2 Å². The van der Waals surface area contributed by atoms with E-state index in [9.17, 15) is 14.7 Å².